The summed E-state index contributed by atoms with van der Waals surface area (Å²) in [6.07, 6.45) is 0.949. The molecule has 0 aliphatic carbocycles. The van der Waals surface area contributed by atoms with Crippen LogP contribution in [0.1, 0.15) is 25.8 Å². The van der Waals surface area contributed by atoms with Crippen LogP contribution in [0, 0.1) is 0 Å². The van der Waals surface area contributed by atoms with Crippen molar-refractivity contribution in [3.63, 3.8) is 0 Å². The zero-order valence-electron chi connectivity index (χ0n) is 11.8. The second kappa shape index (κ2) is 7.65. The van der Waals surface area contributed by atoms with Crippen LogP contribution in [-0.2, 0) is 6.54 Å². The lowest BCUT2D eigenvalue weighted by Gasteiger charge is -2.16. The highest BCUT2D eigenvalue weighted by molar-refractivity contribution is 7.99. The van der Waals surface area contributed by atoms with Crippen LogP contribution in [0.2, 0.25) is 0 Å². The second-order valence-corrected chi connectivity index (χ2v) is 6.06. The number of rotatable bonds is 6. The number of hydrogen-bond donors (Lipinski definition) is 1. The lowest BCUT2D eigenvalue weighted by Crippen LogP contribution is -2.28. The molecule has 1 aliphatic rings. The summed E-state index contributed by atoms with van der Waals surface area (Å²) in [7, 11) is 0. The van der Waals surface area contributed by atoms with Gasteiger partial charge in [-0.15, -0.1) is 0 Å². The number of benzene rings is 1. The fourth-order valence-corrected chi connectivity index (χ4v) is 2.74. The van der Waals surface area contributed by atoms with Gasteiger partial charge < -0.3 is 14.8 Å². The van der Waals surface area contributed by atoms with E-state index in [0.29, 0.717) is 6.04 Å². The molecule has 106 valence electrons. The average Bonchev–Trinajstić information content (AvgIpc) is 2.68. The van der Waals surface area contributed by atoms with Crippen molar-refractivity contribution in [1.29, 1.82) is 0 Å². The van der Waals surface area contributed by atoms with Gasteiger partial charge >= 0.3 is 0 Å². The molecule has 0 spiro atoms. The van der Waals surface area contributed by atoms with E-state index in [1.807, 2.05) is 23.9 Å². The molecule has 1 N–H and O–H groups in total. The van der Waals surface area contributed by atoms with Crippen molar-refractivity contribution < 1.29 is 9.47 Å². The summed E-state index contributed by atoms with van der Waals surface area (Å²) in [6, 6.07) is 6.64. The quantitative estimate of drug-likeness (QED) is 0.868. The van der Waals surface area contributed by atoms with E-state index in [1.165, 1.54) is 11.3 Å². The van der Waals surface area contributed by atoms with Crippen LogP contribution in [0.25, 0.3) is 0 Å². The minimum Gasteiger partial charge on any atom is -0.490 e. The predicted octanol–water partition coefficient (Wildman–Crippen LogP) is 3.08. The molecule has 0 bridgehead atoms. The molecule has 3 nitrogen and oxygen atoms in total. The molecule has 0 amide bonds. The number of nitrogens with one attached hydrogen (secondary N) is 1. The topological polar surface area (TPSA) is 30.5 Å². The highest BCUT2D eigenvalue weighted by atomic mass is 32.2. The van der Waals surface area contributed by atoms with E-state index >= 15 is 0 Å². The molecule has 0 saturated heterocycles. The van der Waals surface area contributed by atoms with Gasteiger partial charge in [0.1, 0.15) is 0 Å². The molecule has 0 radical (unpaired) electrons. The monoisotopic (exact) mass is 281 g/mol. The van der Waals surface area contributed by atoms with Crippen LogP contribution in [-0.4, -0.2) is 30.8 Å². The number of fused-ring (bicyclic) bond motifs is 1. The number of ether oxygens (including phenoxy) is 2. The lowest BCUT2D eigenvalue weighted by atomic mass is 10.1. The number of thioether (sulfide) groups is 1. The van der Waals surface area contributed by atoms with Gasteiger partial charge in [-0.25, -0.2) is 0 Å². The average molecular weight is 281 g/mol. The first-order valence-electron chi connectivity index (χ1n) is 7.00. The van der Waals surface area contributed by atoms with Crippen LogP contribution < -0.4 is 14.8 Å². The van der Waals surface area contributed by atoms with Crippen molar-refractivity contribution in [3.8, 4) is 11.5 Å². The smallest absolute Gasteiger partial charge is 0.165 e. The van der Waals surface area contributed by atoms with Gasteiger partial charge in [0.2, 0.25) is 0 Å². The van der Waals surface area contributed by atoms with Gasteiger partial charge in [0.15, 0.2) is 11.5 Å². The number of hydrogen-bond acceptors (Lipinski definition) is 4. The van der Waals surface area contributed by atoms with E-state index in [9.17, 15) is 0 Å². The van der Waals surface area contributed by atoms with Crippen molar-refractivity contribution in [2.75, 3.05) is 24.7 Å². The summed E-state index contributed by atoms with van der Waals surface area (Å²) in [6.45, 7) is 6.73. The van der Waals surface area contributed by atoms with E-state index in [1.54, 1.807) is 0 Å². The van der Waals surface area contributed by atoms with Crippen molar-refractivity contribution in [2.45, 2.75) is 32.9 Å². The predicted molar refractivity (Wildman–Crippen MR) is 81.3 cm³/mol. The molecule has 4 heteroatoms. The Balaban J connectivity index is 1.96. The van der Waals surface area contributed by atoms with Crippen LogP contribution >= 0.6 is 11.8 Å². The maximum Gasteiger partial charge on any atom is 0.165 e. The molecule has 1 heterocycles. The van der Waals surface area contributed by atoms with Crippen LogP contribution in [0.15, 0.2) is 18.2 Å². The summed E-state index contributed by atoms with van der Waals surface area (Å²) in [5.74, 6) is 4.11. The summed E-state index contributed by atoms with van der Waals surface area (Å²) >= 11 is 1.97. The van der Waals surface area contributed by atoms with Gasteiger partial charge in [0.25, 0.3) is 0 Å². The molecule has 2 rings (SSSR count). The summed E-state index contributed by atoms with van der Waals surface area (Å²) in [5, 5.41) is 3.55. The SMILES string of the molecule is CCSCC(C)NCc1cccc2c1OCCCO2. The molecule has 1 unspecified atom stereocenters. The van der Waals surface area contributed by atoms with E-state index in [-0.39, 0.29) is 0 Å². The summed E-state index contributed by atoms with van der Waals surface area (Å²) in [4.78, 5) is 0. The Labute approximate surface area is 120 Å². The van der Waals surface area contributed by atoms with Crippen molar-refractivity contribution in [2.24, 2.45) is 0 Å². The lowest BCUT2D eigenvalue weighted by molar-refractivity contribution is 0.296. The molecular formula is C15H23NO2S. The van der Waals surface area contributed by atoms with Gasteiger partial charge in [0.05, 0.1) is 13.2 Å². The van der Waals surface area contributed by atoms with E-state index in [0.717, 1.165) is 43.4 Å². The molecule has 0 saturated carbocycles. The van der Waals surface area contributed by atoms with Crippen molar-refractivity contribution in [3.05, 3.63) is 23.8 Å². The van der Waals surface area contributed by atoms with Gasteiger partial charge in [-0.05, 0) is 18.7 Å². The van der Waals surface area contributed by atoms with E-state index < -0.39 is 0 Å². The second-order valence-electron chi connectivity index (χ2n) is 4.74. The normalized spacial score (nSPS) is 15.9. The first kappa shape index (κ1) is 14.5. The molecule has 0 aromatic heterocycles. The first-order valence-corrected chi connectivity index (χ1v) is 8.15. The Kier molecular flexibility index (Phi) is 5.86. The zero-order valence-corrected chi connectivity index (χ0v) is 12.6. The zero-order chi connectivity index (χ0) is 13.5. The van der Waals surface area contributed by atoms with Gasteiger partial charge in [0, 0.05) is 30.3 Å². The summed E-state index contributed by atoms with van der Waals surface area (Å²) in [5.41, 5.74) is 1.19. The standard InChI is InChI=1S/C15H23NO2S/c1-3-19-11-12(2)16-10-13-6-4-7-14-15(13)18-9-5-8-17-14/h4,6-7,12,16H,3,5,8-11H2,1-2H3. The van der Waals surface area contributed by atoms with E-state index in [4.69, 9.17) is 9.47 Å². The van der Waals surface area contributed by atoms with Crippen molar-refractivity contribution in [1.82, 2.24) is 5.32 Å². The third kappa shape index (κ3) is 4.32. The molecule has 1 atom stereocenters. The Morgan fingerprint density at radius 3 is 3.00 bits per heavy atom. The Morgan fingerprint density at radius 2 is 2.16 bits per heavy atom. The Hall–Kier alpha value is -0.870. The highest BCUT2D eigenvalue weighted by Crippen LogP contribution is 2.33. The third-order valence-electron chi connectivity index (χ3n) is 3.07. The van der Waals surface area contributed by atoms with E-state index in [2.05, 4.69) is 25.2 Å². The number of para-hydroxylation sites is 1. The minimum atomic E-state index is 0.507. The van der Waals surface area contributed by atoms with Gasteiger partial charge in [-0.2, -0.15) is 11.8 Å². The molecular weight excluding hydrogens is 258 g/mol. The van der Waals surface area contributed by atoms with Crippen LogP contribution in [0.5, 0.6) is 11.5 Å². The molecule has 1 aromatic rings. The molecule has 19 heavy (non-hydrogen) atoms. The first-order chi connectivity index (χ1) is 9.31. The van der Waals surface area contributed by atoms with Gasteiger partial charge in [-0.1, -0.05) is 19.1 Å². The Bertz CT molecular complexity index is 398. The summed E-state index contributed by atoms with van der Waals surface area (Å²) < 4.78 is 11.5. The maximum absolute atomic E-state index is 5.82. The third-order valence-corrected chi connectivity index (χ3v) is 4.21. The largest absolute Gasteiger partial charge is 0.490 e. The van der Waals surface area contributed by atoms with Crippen LogP contribution in [0.3, 0.4) is 0 Å². The molecule has 0 fully saturated rings. The van der Waals surface area contributed by atoms with Crippen LogP contribution in [0.4, 0.5) is 0 Å². The highest BCUT2D eigenvalue weighted by Gasteiger charge is 2.14. The van der Waals surface area contributed by atoms with Crippen molar-refractivity contribution >= 4 is 11.8 Å². The maximum atomic E-state index is 5.82. The fourth-order valence-electron chi connectivity index (χ4n) is 2.03. The molecule has 1 aliphatic heterocycles. The fraction of sp³-hybridized carbons (Fsp3) is 0.600. The Morgan fingerprint density at radius 1 is 1.32 bits per heavy atom. The molecule has 1 aromatic carbocycles. The van der Waals surface area contributed by atoms with Gasteiger partial charge in [-0.3, -0.25) is 0 Å². The minimum absolute atomic E-state index is 0.507.